The molecule has 0 aliphatic rings. The average Bonchev–Trinajstić information content (AvgIpc) is 2.92. The summed E-state index contributed by atoms with van der Waals surface area (Å²) in [6.45, 7) is 4.93. The standard InChI is InChI=1S/C16H21N5O3S/c1-8(2)14(17)15(24)18-7-13(23)20-10-4-5-11-12(6-10)25-16(21-11)19-9(3)22/h4-6,8,14H,7,17H2,1-3H3,(H,18,24)(H,20,23)(H,19,21,22)/t14-/m0/s1. The highest BCUT2D eigenvalue weighted by molar-refractivity contribution is 7.22. The highest BCUT2D eigenvalue weighted by atomic mass is 32.1. The fraction of sp³-hybridized carbons (Fsp3) is 0.375. The minimum absolute atomic E-state index is 0.00500. The van der Waals surface area contributed by atoms with Crippen molar-refractivity contribution in [3.05, 3.63) is 18.2 Å². The van der Waals surface area contributed by atoms with Gasteiger partial charge in [0.25, 0.3) is 0 Å². The van der Waals surface area contributed by atoms with E-state index in [0.29, 0.717) is 10.8 Å². The first-order valence-corrected chi connectivity index (χ1v) is 8.59. The first-order valence-electron chi connectivity index (χ1n) is 7.77. The summed E-state index contributed by atoms with van der Waals surface area (Å²) in [5.74, 6) is -0.907. The number of benzene rings is 1. The van der Waals surface area contributed by atoms with E-state index >= 15 is 0 Å². The molecule has 5 N–H and O–H groups in total. The van der Waals surface area contributed by atoms with Crippen LogP contribution in [0.1, 0.15) is 20.8 Å². The zero-order valence-electron chi connectivity index (χ0n) is 14.3. The SMILES string of the molecule is CC(=O)Nc1nc2ccc(NC(=O)CNC(=O)[C@@H](N)C(C)C)cc2s1. The minimum atomic E-state index is -0.645. The Morgan fingerprint density at radius 3 is 2.60 bits per heavy atom. The summed E-state index contributed by atoms with van der Waals surface area (Å²) in [6.07, 6.45) is 0. The maximum atomic E-state index is 12.0. The molecule has 0 unspecified atom stereocenters. The molecule has 0 fully saturated rings. The third kappa shape index (κ3) is 5.23. The maximum Gasteiger partial charge on any atom is 0.243 e. The zero-order chi connectivity index (χ0) is 18.6. The Labute approximate surface area is 149 Å². The lowest BCUT2D eigenvalue weighted by molar-refractivity contribution is -0.125. The van der Waals surface area contributed by atoms with Gasteiger partial charge in [-0.3, -0.25) is 14.4 Å². The number of rotatable bonds is 6. The van der Waals surface area contributed by atoms with Crippen LogP contribution in [0.5, 0.6) is 0 Å². The van der Waals surface area contributed by atoms with E-state index in [1.807, 2.05) is 13.8 Å². The van der Waals surface area contributed by atoms with E-state index in [2.05, 4.69) is 20.9 Å². The molecule has 0 bridgehead atoms. The average molecular weight is 363 g/mol. The van der Waals surface area contributed by atoms with E-state index in [9.17, 15) is 14.4 Å². The second kappa shape index (κ2) is 8.04. The number of nitrogens with one attached hydrogen (secondary N) is 3. The lowest BCUT2D eigenvalue weighted by Crippen LogP contribution is -2.46. The van der Waals surface area contributed by atoms with Crippen molar-refractivity contribution in [2.24, 2.45) is 11.7 Å². The number of aromatic nitrogens is 1. The summed E-state index contributed by atoms with van der Waals surface area (Å²) in [5, 5.41) is 8.35. The topological polar surface area (TPSA) is 126 Å². The van der Waals surface area contributed by atoms with Gasteiger partial charge in [0.1, 0.15) is 0 Å². The van der Waals surface area contributed by atoms with Crippen molar-refractivity contribution in [3.8, 4) is 0 Å². The normalized spacial score (nSPS) is 12.0. The smallest absolute Gasteiger partial charge is 0.243 e. The van der Waals surface area contributed by atoms with Gasteiger partial charge in [0.15, 0.2) is 5.13 Å². The van der Waals surface area contributed by atoms with Gasteiger partial charge in [-0.1, -0.05) is 25.2 Å². The van der Waals surface area contributed by atoms with Crippen molar-refractivity contribution in [1.29, 1.82) is 0 Å². The van der Waals surface area contributed by atoms with E-state index < -0.39 is 6.04 Å². The summed E-state index contributed by atoms with van der Waals surface area (Å²) >= 11 is 1.31. The van der Waals surface area contributed by atoms with Crippen molar-refractivity contribution in [2.75, 3.05) is 17.2 Å². The molecular weight excluding hydrogens is 342 g/mol. The van der Waals surface area contributed by atoms with Gasteiger partial charge in [-0.2, -0.15) is 0 Å². The zero-order valence-corrected chi connectivity index (χ0v) is 15.1. The molecule has 134 valence electrons. The van der Waals surface area contributed by atoms with Gasteiger partial charge in [-0.05, 0) is 24.1 Å². The summed E-state index contributed by atoms with van der Waals surface area (Å²) in [5.41, 5.74) is 7.02. The molecule has 1 atom stereocenters. The number of hydrogen-bond acceptors (Lipinski definition) is 6. The number of nitrogens with two attached hydrogens (primary N) is 1. The van der Waals surface area contributed by atoms with Crippen molar-refractivity contribution < 1.29 is 14.4 Å². The summed E-state index contributed by atoms with van der Waals surface area (Å²) in [6, 6.07) is 4.57. The molecule has 2 aromatic rings. The predicted octanol–water partition coefficient (Wildman–Crippen LogP) is 1.29. The molecule has 0 aliphatic carbocycles. The predicted molar refractivity (Wildman–Crippen MR) is 98.4 cm³/mol. The van der Waals surface area contributed by atoms with E-state index in [4.69, 9.17) is 5.73 Å². The van der Waals surface area contributed by atoms with Gasteiger partial charge in [0.2, 0.25) is 17.7 Å². The monoisotopic (exact) mass is 363 g/mol. The van der Waals surface area contributed by atoms with Crippen molar-refractivity contribution >= 4 is 50.1 Å². The molecule has 0 spiro atoms. The largest absolute Gasteiger partial charge is 0.346 e. The molecule has 0 saturated heterocycles. The molecule has 0 aliphatic heterocycles. The molecule has 1 aromatic heterocycles. The number of fused-ring (bicyclic) bond motifs is 1. The van der Waals surface area contributed by atoms with Crippen LogP contribution in [0.4, 0.5) is 10.8 Å². The maximum absolute atomic E-state index is 12.0. The fourth-order valence-electron chi connectivity index (χ4n) is 2.00. The first kappa shape index (κ1) is 18.8. The summed E-state index contributed by atoms with van der Waals surface area (Å²) in [4.78, 5) is 39.1. The van der Waals surface area contributed by atoms with Crippen LogP contribution in [0.3, 0.4) is 0 Å². The van der Waals surface area contributed by atoms with E-state index in [1.165, 1.54) is 18.3 Å². The molecule has 9 heteroatoms. The van der Waals surface area contributed by atoms with E-state index in [-0.39, 0.29) is 30.2 Å². The van der Waals surface area contributed by atoms with Crippen molar-refractivity contribution in [2.45, 2.75) is 26.8 Å². The van der Waals surface area contributed by atoms with Crippen LogP contribution in [0.2, 0.25) is 0 Å². The van der Waals surface area contributed by atoms with Crippen LogP contribution in [-0.4, -0.2) is 35.3 Å². The van der Waals surface area contributed by atoms with Crippen LogP contribution in [0.15, 0.2) is 18.2 Å². The number of anilines is 2. The van der Waals surface area contributed by atoms with Gasteiger partial charge in [0.05, 0.1) is 22.8 Å². The lowest BCUT2D eigenvalue weighted by atomic mass is 10.1. The second-order valence-electron chi connectivity index (χ2n) is 5.92. The Kier molecular flexibility index (Phi) is 6.05. The number of amides is 3. The molecule has 3 amide bonds. The second-order valence-corrected chi connectivity index (χ2v) is 6.95. The van der Waals surface area contributed by atoms with Crippen LogP contribution in [-0.2, 0) is 14.4 Å². The van der Waals surface area contributed by atoms with Gasteiger partial charge in [0, 0.05) is 12.6 Å². The van der Waals surface area contributed by atoms with Gasteiger partial charge in [-0.25, -0.2) is 4.98 Å². The molecule has 0 radical (unpaired) electrons. The number of hydrogen-bond donors (Lipinski definition) is 4. The molecule has 1 heterocycles. The lowest BCUT2D eigenvalue weighted by Gasteiger charge is -2.15. The minimum Gasteiger partial charge on any atom is -0.346 e. The number of carbonyl (C=O) groups excluding carboxylic acids is 3. The Hall–Kier alpha value is -2.52. The molecule has 1 aromatic carbocycles. The Morgan fingerprint density at radius 2 is 1.96 bits per heavy atom. The summed E-state index contributed by atoms with van der Waals surface area (Å²) in [7, 11) is 0. The molecule has 0 saturated carbocycles. The van der Waals surface area contributed by atoms with Crippen LogP contribution < -0.4 is 21.7 Å². The fourth-order valence-corrected chi connectivity index (χ4v) is 2.95. The number of thiazole rings is 1. The molecule has 2 rings (SSSR count). The Bertz CT molecular complexity index is 802. The Morgan fingerprint density at radius 1 is 1.24 bits per heavy atom. The van der Waals surface area contributed by atoms with E-state index in [1.54, 1.807) is 18.2 Å². The van der Waals surface area contributed by atoms with Crippen molar-refractivity contribution in [1.82, 2.24) is 10.3 Å². The molecular formula is C16H21N5O3S. The van der Waals surface area contributed by atoms with Gasteiger partial charge in [-0.15, -0.1) is 0 Å². The first-order chi connectivity index (χ1) is 11.8. The van der Waals surface area contributed by atoms with Gasteiger partial charge < -0.3 is 21.7 Å². The van der Waals surface area contributed by atoms with Gasteiger partial charge >= 0.3 is 0 Å². The van der Waals surface area contributed by atoms with Crippen LogP contribution in [0.25, 0.3) is 10.2 Å². The number of carbonyl (C=O) groups is 3. The van der Waals surface area contributed by atoms with Crippen molar-refractivity contribution in [3.63, 3.8) is 0 Å². The number of nitrogens with zero attached hydrogens (tertiary/aromatic N) is 1. The van der Waals surface area contributed by atoms with E-state index in [0.717, 1.165) is 10.2 Å². The van der Waals surface area contributed by atoms with Crippen LogP contribution in [0, 0.1) is 5.92 Å². The Balaban J connectivity index is 1.96. The highest BCUT2D eigenvalue weighted by Gasteiger charge is 2.17. The molecule has 8 nitrogen and oxygen atoms in total. The third-order valence-electron chi connectivity index (χ3n) is 3.40. The quantitative estimate of drug-likeness (QED) is 0.615. The third-order valence-corrected chi connectivity index (χ3v) is 4.33. The van der Waals surface area contributed by atoms with Crippen LogP contribution >= 0.6 is 11.3 Å². The molecule has 25 heavy (non-hydrogen) atoms. The summed E-state index contributed by atoms with van der Waals surface area (Å²) < 4.78 is 0.826. The highest BCUT2D eigenvalue weighted by Crippen LogP contribution is 2.28.